The molecule has 0 spiro atoms. The lowest BCUT2D eigenvalue weighted by atomic mass is 10.0. The Hall–Kier alpha value is -2.28. The number of alkyl carbamates (subject to hydrolysis) is 1. The average Bonchev–Trinajstić information content (AvgIpc) is 2.33. The Kier molecular flexibility index (Phi) is 5.33. The molecule has 0 aliphatic rings. The summed E-state index contributed by atoms with van der Waals surface area (Å²) in [6.07, 6.45) is 3.19. The SMILES string of the molecule is Cc1cccc(C#N)c1C=CCNC(=O)OC(C)(C)C. The van der Waals surface area contributed by atoms with E-state index in [1.54, 1.807) is 12.1 Å². The van der Waals surface area contributed by atoms with Crippen LogP contribution < -0.4 is 5.32 Å². The maximum Gasteiger partial charge on any atom is 0.407 e. The molecular weight excluding hydrogens is 252 g/mol. The average molecular weight is 272 g/mol. The second-order valence-corrected chi connectivity index (χ2v) is 5.43. The number of hydrogen-bond acceptors (Lipinski definition) is 3. The van der Waals surface area contributed by atoms with Crippen molar-refractivity contribution in [3.05, 3.63) is 41.0 Å². The van der Waals surface area contributed by atoms with Crippen molar-refractivity contribution < 1.29 is 9.53 Å². The van der Waals surface area contributed by atoms with Crippen molar-refractivity contribution in [1.82, 2.24) is 5.32 Å². The number of hydrogen-bond donors (Lipinski definition) is 1. The number of nitriles is 1. The van der Waals surface area contributed by atoms with Crippen LogP contribution in [0.3, 0.4) is 0 Å². The molecule has 0 saturated carbocycles. The highest BCUT2D eigenvalue weighted by Crippen LogP contribution is 2.14. The van der Waals surface area contributed by atoms with Crippen molar-refractivity contribution in [3.8, 4) is 6.07 Å². The van der Waals surface area contributed by atoms with Crippen LogP contribution in [-0.4, -0.2) is 18.2 Å². The van der Waals surface area contributed by atoms with Gasteiger partial charge in [0.1, 0.15) is 5.60 Å². The van der Waals surface area contributed by atoms with Gasteiger partial charge in [0.15, 0.2) is 0 Å². The van der Waals surface area contributed by atoms with Gasteiger partial charge in [0.05, 0.1) is 11.6 Å². The topological polar surface area (TPSA) is 62.1 Å². The van der Waals surface area contributed by atoms with Gasteiger partial charge in [0.2, 0.25) is 0 Å². The van der Waals surface area contributed by atoms with Crippen molar-refractivity contribution in [1.29, 1.82) is 5.26 Å². The first-order valence-electron chi connectivity index (χ1n) is 6.46. The molecule has 0 aromatic heterocycles. The Balaban J connectivity index is 2.59. The van der Waals surface area contributed by atoms with Gasteiger partial charge in [0, 0.05) is 6.54 Å². The molecule has 0 heterocycles. The first kappa shape index (κ1) is 15.8. The van der Waals surface area contributed by atoms with Crippen molar-refractivity contribution in [2.75, 3.05) is 6.54 Å². The van der Waals surface area contributed by atoms with Crippen LogP contribution in [0.15, 0.2) is 24.3 Å². The number of amides is 1. The zero-order valence-electron chi connectivity index (χ0n) is 12.4. The van der Waals surface area contributed by atoms with Gasteiger partial charge in [0.25, 0.3) is 0 Å². The van der Waals surface area contributed by atoms with Crippen LogP contribution in [0.4, 0.5) is 4.79 Å². The molecule has 1 amide bonds. The van der Waals surface area contributed by atoms with Gasteiger partial charge in [-0.15, -0.1) is 0 Å². The van der Waals surface area contributed by atoms with Crippen LogP contribution >= 0.6 is 0 Å². The molecule has 1 rings (SSSR count). The number of carbonyl (C=O) groups is 1. The van der Waals surface area contributed by atoms with E-state index in [2.05, 4.69) is 11.4 Å². The summed E-state index contributed by atoms with van der Waals surface area (Å²) in [6, 6.07) is 7.72. The third-order valence-electron chi connectivity index (χ3n) is 2.49. The van der Waals surface area contributed by atoms with E-state index in [4.69, 9.17) is 10.00 Å². The van der Waals surface area contributed by atoms with Crippen molar-refractivity contribution in [2.24, 2.45) is 0 Å². The minimum absolute atomic E-state index is 0.355. The highest BCUT2D eigenvalue weighted by Gasteiger charge is 2.14. The highest BCUT2D eigenvalue weighted by molar-refractivity contribution is 5.68. The van der Waals surface area contributed by atoms with Gasteiger partial charge in [-0.25, -0.2) is 4.79 Å². The molecule has 1 aromatic rings. The largest absolute Gasteiger partial charge is 0.444 e. The molecule has 1 aromatic carbocycles. The zero-order valence-corrected chi connectivity index (χ0v) is 12.4. The van der Waals surface area contributed by atoms with Crippen LogP contribution in [0.5, 0.6) is 0 Å². The lowest BCUT2D eigenvalue weighted by Crippen LogP contribution is -2.32. The maximum atomic E-state index is 11.4. The van der Waals surface area contributed by atoms with E-state index in [-0.39, 0.29) is 0 Å². The van der Waals surface area contributed by atoms with Gasteiger partial charge in [-0.1, -0.05) is 24.3 Å². The Labute approximate surface area is 120 Å². The fourth-order valence-corrected chi connectivity index (χ4v) is 1.63. The van der Waals surface area contributed by atoms with Crippen LogP contribution in [0.1, 0.15) is 37.5 Å². The summed E-state index contributed by atoms with van der Waals surface area (Å²) in [7, 11) is 0. The minimum Gasteiger partial charge on any atom is -0.444 e. The number of nitrogens with zero attached hydrogens (tertiary/aromatic N) is 1. The fourth-order valence-electron chi connectivity index (χ4n) is 1.63. The molecule has 0 aliphatic carbocycles. The quantitative estimate of drug-likeness (QED) is 0.917. The molecule has 106 valence electrons. The van der Waals surface area contributed by atoms with Gasteiger partial charge in [-0.3, -0.25) is 0 Å². The predicted molar refractivity (Wildman–Crippen MR) is 79.2 cm³/mol. The number of nitrogens with one attached hydrogen (secondary N) is 1. The third-order valence-corrected chi connectivity index (χ3v) is 2.49. The zero-order chi connectivity index (χ0) is 15.2. The lowest BCUT2D eigenvalue weighted by molar-refractivity contribution is 0.0534. The molecular formula is C16H20N2O2. The van der Waals surface area contributed by atoms with Crippen molar-refractivity contribution in [3.63, 3.8) is 0 Å². The minimum atomic E-state index is -0.502. The highest BCUT2D eigenvalue weighted by atomic mass is 16.6. The van der Waals surface area contributed by atoms with Crippen LogP contribution in [-0.2, 0) is 4.74 Å². The monoisotopic (exact) mass is 272 g/mol. The maximum absolute atomic E-state index is 11.4. The molecule has 20 heavy (non-hydrogen) atoms. The number of rotatable bonds is 3. The Morgan fingerprint density at radius 2 is 2.15 bits per heavy atom. The summed E-state index contributed by atoms with van der Waals surface area (Å²) in [5.74, 6) is 0. The first-order chi connectivity index (χ1) is 9.33. The predicted octanol–water partition coefficient (Wildman–Crippen LogP) is 3.40. The van der Waals surface area contributed by atoms with Gasteiger partial charge in [-0.05, 0) is 44.9 Å². The first-order valence-corrected chi connectivity index (χ1v) is 6.46. The van der Waals surface area contributed by atoms with E-state index in [9.17, 15) is 4.79 Å². The summed E-state index contributed by atoms with van der Waals surface area (Å²) >= 11 is 0. The molecule has 0 fully saturated rings. The van der Waals surface area contributed by atoms with E-state index in [1.807, 2.05) is 45.9 Å². The smallest absolute Gasteiger partial charge is 0.407 e. The van der Waals surface area contributed by atoms with E-state index < -0.39 is 11.7 Å². The van der Waals surface area contributed by atoms with Gasteiger partial charge >= 0.3 is 6.09 Å². The summed E-state index contributed by atoms with van der Waals surface area (Å²) in [5, 5.41) is 11.7. The van der Waals surface area contributed by atoms with E-state index >= 15 is 0 Å². The van der Waals surface area contributed by atoms with Crippen LogP contribution in [0.25, 0.3) is 6.08 Å². The van der Waals surface area contributed by atoms with Crippen molar-refractivity contribution >= 4 is 12.2 Å². The van der Waals surface area contributed by atoms with E-state index in [0.717, 1.165) is 11.1 Å². The number of ether oxygens (including phenoxy) is 1. The number of carbonyl (C=O) groups excluding carboxylic acids is 1. The molecule has 0 unspecified atom stereocenters. The molecule has 0 atom stereocenters. The van der Waals surface area contributed by atoms with Gasteiger partial charge in [-0.2, -0.15) is 5.26 Å². The summed E-state index contributed by atoms with van der Waals surface area (Å²) in [5.41, 5.74) is 2.02. The molecule has 0 bridgehead atoms. The molecule has 0 radical (unpaired) electrons. The summed E-state index contributed by atoms with van der Waals surface area (Å²) in [6.45, 7) is 7.74. The second kappa shape index (κ2) is 6.76. The Morgan fingerprint density at radius 1 is 1.45 bits per heavy atom. The van der Waals surface area contributed by atoms with E-state index in [1.165, 1.54) is 0 Å². The molecule has 4 nitrogen and oxygen atoms in total. The number of benzene rings is 1. The number of aryl methyl sites for hydroxylation is 1. The molecule has 0 aliphatic heterocycles. The standard InChI is InChI=1S/C16H20N2O2/c1-12-7-5-8-13(11-17)14(12)9-6-10-18-15(19)20-16(2,3)4/h5-9H,10H2,1-4H3,(H,18,19). The summed E-state index contributed by atoms with van der Waals surface area (Å²) < 4.78 is 5.12. The second-order valence-electron chi connectivity index (χ2n) is 5.43. The fraction of sp³-hybridized carbons (Fsp3) is 0.375. The molecule has 4 heteroatoms. The third kappa shape index (κ3) is 5.15. The molecule has 0 saturated heterocycles. The normalized spacial score (nSPS) is 11.2. The molecule has 1 N–H and O–H groups in total. The van der Waals surface area contributed by atoms with Gasteiger partial charge < -0.3 is 10.1 Å². The Bertz CT molecular complexity index is 549. The summed E-state index contributed by atoms with van der Waals surface area (Å²) in [4.78, 5) is 11.4. The lowest BCUT2D eigenvalue weighted by Gasteiger charge is -2.19. The van der Waals surface area contributed by atoms with Crippen LogP contribution in [0, 0.1) is 18.3 Å². The van der Waals surface area contributed by atoms with Crippen molar-refractivity contribution in [2.45, 2.75) is 33.3 Å². The van der Waals surface area contributed by atoms with Crippen LogP contribution in [0.2, 0.25) is 0 Å². The van der Waals surface area contributed by atoms with E-state index in [0.29, 0.717) is 12.1 Å². The Morgan fingerprint density at radius 3 is 2.75 bits per heavy atom.